The first-order valence-corrected chi connectivity index (χ1v) is 7.17. The lowest BCUT2D eigenvalue weighted by atomic mass is 9.93. The third kappa shape index (κ3) is 2.63. The van der Waals surface area contributed by atoms with Crippen molar-refractivity contribution < 1.29 is 9.53 Å². The predicted octanol–water partition coefficient (Wildman–Crippen LogP) is 3.13. The Kier molecular flexibility index (Phi) is 3.61. The van der Waals surface area contributed by atoms with Crippen LogP contribution in [0.1, 0.15) is 38.6 Å². The van der Waals surface area contributed by atoms with Gasteiger partial charge in [-0.05, 0) is 43.4 Å². The molecular formula is C14H16ClN3O2. The molecule has 2 heterocycles. The molecule has 0 N–H and O–H groups in total. The van der Waals surface area contributed by atoms with Crippen LogP contribution >= 0.6 is 11.6 Å². The van der Waals surface area contributed by atoms with Gasteiger partial charge in [-0.2, -0.15) is 4.98 Å². The fourth-order valence-corrected chi connectivity index (χ4v) is 3.02. The summed E-state index contributed by atoms with van der Waals surface area (Å²) in [6.45, 7) is 1.46. The summed E-state index contributed by atoms with van der Waals surface area (Å²) in [6, 6.07) is 2.38. The van der Waals surface area contributed by atoms with Crippen LogP contribution in [0.2, 0.25) is 5.28 Å². The predicted molar refractivity (Wildman–Crippen MR) is 75.6 cm³/mol. The summed E-state index contributed by atoms with van der Waals surface area (Å²) in [5.41, 5.74) is 0.876. The van der Waals surface area contributed by atoms with E-state index >= 15 is 0 Å². The zero-order valence-corrected chi connectivity index (χ0v) is 12.0. The van der Waals surface area contributed by atoms with Crippen molar-refractivity contribution in [3.63, 3.8) is 0 Å². The van der Waals surface area contributed by atoms with Crippen molar-refractivity contribution in [1.82, 2.24) is 14.5 Å². The lowest BCUT2D eigenvalue weighted by molar-refractivity contribution is -0.148. The minimum absolute atomic E-state index is 0.0591. The fraction of sp³-hybridized carbons (Fsp3) is 0.500. The summed E-state index contributed by atoms with van der Waals surface area (Å²) in [5.74, 6) is -0.195. The van der Waals surface area contributed by atoms with Crippen LogP contribution in [-0.2, 0) is 9.53 Å². The van der Waals surface area contributed by atoms with Gasteiger partial charge in [0.05, 0.1) is 0 Å². The third-order valence-corrected chi connectivity index (χ3v) is 3.98. The molecule has 106 valence electrons. The second-order valence-electron chi connectivity index (χ2n) is 5.18. The summed E-state index contributed by atoms with van der Waals surface area (Å²) >= 11 is 5.87. The summed E-state index contributed by atoms with van der Waals surface area (Å²) in [4.78, 5) is 19.3. The van der Waals surface area contributed by atoms with Crippen molar-refractivity contribution in [3.8, 4) is 0 Å². The molecule has 20 heavy (non-hydrogen) atoms. The molecule has 0 spiro atoms. The van der Waals surface area contributed by atoms with E-state index in [1.807, 2.05) is 12.3 Å². The number of ether oxygens (including phenoxy) is 1. The number of hydrogen-bond acceptors (Lipinski definition) is 4. The molecular weight excluding hydrogens is 278 g/mol. The van der Waals surface area contributed by atoms with Gasteiger partial charge in [-0.15, -0.1) is 0 Å². The van der Waals surface area contributed by atoms with Crippen LogP contribution in [0.4, 0.5) is 0 Å². The topological polar surface area (TPSA) is 57.0 Å². The average molecular weight is 294 g/mol. The average Bonchev–Trinajstić information content (AvgIpc) is 2.82. The van der Waals surface area contributed by atoms with Crippen LogP contribution in [0.25, 0.3) is 11.0 Å². The Morgan fingerprint density at radius 2 is 2.15 bits per heavy atom. The summed E-state index contributed by atoms with van der Waals surface area (Å²) in [5, 5.41) is 1.27. The monoisotopic (exact) mass is 293 g/mol. The number of carbonyl (C=O) groups excluding carboxylic acids is 1. The van der Waals surface area contributed by atoms with Gasteiger partial charge in [0.1, 0.15) is 11.8 Å². The number of rotatable bonds is 2. The SMILES string of the molecule is CC(=O)OC1CCC(n2ccc3cnc(Cl)nc32)CC1. The molecule has 2 aromatic heterocycles. The van der Waals surface area contributed by atoms with Crippen molar-refractivity contribution >= 4 is 28.6 Å². The van der Waals surface area contributed by atoms with Crippen LogP contribution in [0.15, 0.2) is 18.5 Å². The highest BCUT2D eigenvalue weighted by Crippen LogP contribution is 2.32. The van der Waals surface area contributed by atoms with Crippen molar-refractivity contribution in [2.24, 2.45) is 0 Å². The van der Waals surface area contributed by atoms with E-state index in [0.717, 1.165) is 36.7 Å². The second kappa shape index (κ2) is 5.40. The largest absolute Gasteiger partial charge is 0.463 e. The van der Waals surface area contributed by atoms with Crippen molar-refractivity contribution in [2.45, 2.75) is 44.8 Å². The molecule has 0 aliphatic heterocycles. The van der Waals surface area contributed by atoms with Gasteiger partial charge in [0.25, 0.3) is 0 Å². The molecule has 0 radical (unpaired) electrons. The zero-order chi connectivity index (χ0) is 14.1. The Balaban J connectivity index is 1.76. The molecule has 6 heteroatoms. The normalized spacial score (nSPS) is 22.9. The first kappa shape index (κ1) is 13.4. The van der Waals surface area contributed by atoms with Crippen LogP contribution < -0.4 is 0 Å². The maximum absolute atomic E-state index is 11.0. The van der Waals surface area contributed by atoms with Crippen molar-refractivity contribution in [3.05, 3.63) is 23.7 Å². The smallest absolute Gasteiger partial charge is 0.302 e. The van der Waals surface area contributed by atoms with Crippen molar-refractivity contribution in [2.75, 3.05) is 0 Å². The van der Waals surface area contributed by atoms with E-state index in [9.17, 15) is 4.79 Å². The first-order valence-electron chi connectivity index (χ1n) is 6.80. The van der Waals surface area contributed by atoms with Gasteiger partial charge >= 0.3 is 5.97 Å². The molecule has 1 fully saturated rings. The minimum Gasteiger partial charge on any atom is -0.463 e. The van der Waals surface area contributed by atoms with Crippen LogP contribution in [0.5, 0.6) is 0 Å². The molecule has 0 unspecified atom stereocenters. The van der Waals surface area contributed by atoms with Gasteiger partial charge in [0.15, 0.2) is 0 Å². The van der Waals surface area contributed by atoms with E-state index in [0.29, 0.717) is 6.04 Å². The Bertz CT molecular complexity index is 632. The van der Waals surface area contributed by atoms with Gasteiger partial charge in [-0.3, -0.25) is 4.79 Å². The molecule has 0 atom stereocenters. The number of carbonyl (C=O) groups is 1. The standard InChI is InChI=1S/C14H16ClN3O2/c1-9(19)20-12-4-2-11(3-5-12)18-7-6-10-8-16-14(15)17-13(10)18/h6-8,11-12H,2-5H2,1H3. The highest BCUT2D eigenvalue weighted by Gasteiger charge is 2.25. The molecule has 3 rings (SSSR count). The second-order valence-corrected chi connectivity index (χ2v) is 5.52. The molecule has 0 aromatic carbocycles. The Morgan fingerprint density at radius 3 is 2.85 bits per heavy atom. The minimum atomic E-state index is -0.195. The highest BCUT2D eigenvalue weighted by atomic mass is 35.5. The molecule has 5 nitrogen and oxygen atoms in total. The van der Waals surface area contributed by atoms with Gasteiger partial charge in [-0.1, -0.05) is 0 Å². The molecule has 1 aliphatic rings. The van der Waals surface area contributed by atoms with E-state index in [1.165, 1.54) is 6.92 Å². The van der Waals surface area contributed by atoms with Gasteiger partial charge < -0.3 is 9.30 Å². The zero-order valence-electron chi connectivity index (χ0n) is 11.3. The van der Waals surface area contributed by atoms with Gasteiger partial charge in [-0.25, -0.2) is 4.98 Å². The van der Waals surface area contributed by atoms with E-state index in [1.54, 1.807) is 6.20 Å². The molecule has 2 aromatic rings. The fourth-order valence-electron chi connectivity index (χ4n) is 2.89. The number of halogens is 1. The summed E-state index contributed by atoms with van der Waals surface area (Å²) < 4.78 is 7.43. The van der Waals surface area contributed by atoms with Crippen LogP contribution in [-0.4, -0.2) is 26.6 Å². The molecule has 1 saturated carbocycles. The summed E-state index contributed by atoms with van der Waals surface area (Å²) in [6.07, 6.45) is 7.57. The molecule has 0 bridgehead atoms. The number of aromatic nitrogens is 3. The number of nitrogens with zero attached hydrogens (tertiary/aromatic N) is 3. The number of fused-ring (bicyclic) bond motifs is 1. The Hall–Kier alpha value is -1.62. The van der Waals surface area contributed by atoms with E-state index < -0.39 is 0 Å². The number of hydrogen-bond donors (Lipinski definition) is 0. The van der Waals surface area contributed by atoms with Gasteiger partial charge in [0.2, 0.25) is 5.28 Å². The lowest BCUT2D eigenvalue weighted by Crippen LogP contribution is -2.25. The van der Waals surface area contributed by atoms with E-state index in [-0.39, 0.29) is 17.4 Å². The number of esters is 1. The summed E-state index contributed by atoms with van der Waals surface area (Å²) in [7, 11) is 0. The molecule has 0 amide bonds. The maximum Gasteiger partial charge on any atom is 0.302 e. The van der Waals surface area contributed by atoms with Gasteiger partial charge in [0, 0.05) is 30.7 Å². The third-order valence-electron chi connectivity index (χ3n) is 3.80. The lowest BCUT2D eigenvalue weighted by Gasteiger charge is -2.29. The first-order chi connectivity index (χ1) is 9.63. The Morgan fingerprint density at radius 1 is 1.40 bits per heavy atom. The van der Waals surface area contributed by atoms with E-state index in [2.05, 4.69) is 14.5 Å². The molecule has 1 aliphatic carbocycles. The highest BCUT2D eigenvalue weighted by molar-refractivity contribution is 6.28. The van der Waals surface area contributed by atoms with Crippen molar-refractivity contribution in [1.29, 1.82) is 0 Å². The molecule has 0 saturated heterocycles. The Labute approximate surface area is 121 Å². The maximum atomic E-state index is 11.0. The van der Waals surface area contributed by atoms with E-state index in [4.69, 9.17) is 16.3 Å². The quantitative estimate of drug-likeness (QED) is 0.630. The van der Waals surface area contributed by atoms with Crippen LogP contribution in [0, 0.1) is 0 Å². The van der Waals surface area contributed by atoms with Crippen LogP contribution in [0.3, 0.4) is 0 Å².